The first-order valence-electron chi connectivity index (χ1n) is 6.79. The molecule has 0 spiro atoms. The number of imide groups is 1. The summed E-state index contributed by atoms with van der Waals surface area (Å²) >= 11 is 0. The lowest BCUT2D eigenvalue weighted by Crippen LogP contribution is -2.35. The van der Waals surface area contributed by atoms with Gasteiger partial charge >= 0.3 is 5.97 Å². The van der Waals surface area contributed by atoms with Gasteiger partial charge in [0.2, 0.25) is 5.91 Å². The number of hydrogen-bond donors (Lipinski definition) is 0. The van der Waals surface area contributed by atoms with E-state index < -0.39 is 11.9 Å². The highest BCUT2D eigenvalue weighted by Crippen LogP contribution is 2.22. The van der Waals surface area contributed by atoms with Gasteiger partial charge in [0.1, 0.15) is 6.54 Å². The average Bonchev–Trinajstić information content (AvgIpc) is 2.69. The van der Waals surface area contributed by atoms with E-state index in [-0.39, 0.29) is 25.5 Å². The number of carbonyl (C=O) groups excluding carboxylic acids is 3. The molecule has 1 saturated heterocycles. The third-order valence-corrected chi connectivity index (χ3v) is 3.27. The second-order valence-corrected chi connectivity index (χ2v) is 4.79. The van der Waals surface area contributed by atoms with Crippen molar-refractivity contribution in [2.45, 2.75) is 20.3 Å². The zero-order valence-electron chi connectivity index (χ0n) is 12.1. The zero-order valence-corrected chi connectivity index (χ0v) is 12.1. The molecule has 0 saturated carbocycles. The van der Waals surface area contributed by atoms with Gasteiger partial charge < -0.3 is 4.74 Å². The lowest BCUT2D eigenvalue weighted by atomic mass is 10.1. The van der Waals surface area contributed by atoms with Crippen molar-refractivity contribution < 1.29 is 19.1 Å². The Morgan fingerprint density at radius 1 is 1.33 bits per heavy atom. The number of benzene rings is 1. The van der Waals surface area contributed by atoms with Crippen LogP contribution in [0.25, 0.3) is 6.08 Å². The van der Waals surface area contributed by atoms with E-state index in [1.165, 1.54) is 0 Å². The van der Waals surface area contributed by atoms with Gasteiger partial charge in [-0.3, -0.25) is 19.3 Å². The number of carbonyl (C=O) groups is 3. The van der Waals surface area contributed by atoms with Gasteiger partial charge in [-0.1, -0.05) is 24.3 Å². The van der Waals surface area contributed by atoms with Crippen molar-refractivity contribution in [3.8, 4) is 0 Å². The molecule has 0 atom stereocenters. The minimum Gasteiger partial charge on any atom is -0.465 e. The van der Waals surface area contributed by atoms with Crippen LogP contribution in [0.1, 0.15) is 24.5 Å². The van der Waals surface area contributed by atoms with Gasteiger partial charge in [-0.05, 0) is 31.1 Å². The SMILES string of the molecule is CCOC(=O)CN1C(=O)C/C(=C\c2ccccc2C)C1=O. The quantitative estimate of drug-likeness (QED) is 0.480. The predicted octanol–water partition coefficient (Wildman–Crippen LogP) is 1.70. The molecule has 0 N–H and O–H groups in total. The molecule has 2 rings (SSSR count). The van der Waals surface area contributed by atoms with Crippen LogP contribution >= 0.6 is 0 Å². The Bertz CT molecular complexity index is 618. The van der Waals surface area contributed by atoms with Crippen molar-refractivity contribution in [1.29, 1.82) is 0 Å². The molecular weight excluding hydrogens is 270 g/mol. The van der Waals surface area contributed by atoms with Crippen molar-refractivity contribution in [1.82, 2.24) is 4.90 Å². The largest absolute Gasteiger partial charge is 0.465 e. The number of likely N-dealkylation sites (tertiary alicyclic amines) is 1. The van der Waals surface area contributed by atoms with E-state index in [0.717, 1.165) is 16.0 Å². The van der Waals surface area contributed by atoms with E-state index in [2.05, 4.69) is 0 Å². The van der Waals surface area contributed by atoms with E-state index in [4.69, 9.17) is 4.74 Å². The van der Waals surface area contributed by atoms with Crippen LogP contribution in [-0.2, 0) is 19.1 Å². The van der Waals surface area contributed by atoms with Crippen LogP contribution in [0, 0.1) is 6.92 Å². The summed E-state index contributed by atoms with van der Waals surface area (Å²) in [4.78, 5) is 36.4. The van der Waals surface area contributed by atoms with Crippen molar-refractivity contribution in [2.24, 2.45) is 0 Å². The zero-order chi connectivity index (χ0) is 15.4. The molecule has 1 aliphatic rings. The molecule has 0 bridgehead atoms. The van der Waals surface area contributed by atoms with Gasteiger partial charge in [-0.2, -0.15) is 0 Å². The van der Waals surface area contributed by atoms with Crippen molar-refractivity contribution >= 4 is 23.9 Å². The molecule has 5 heteroatoms. The number of nitrogens with zero attached hydrogens (tertiary/aromatic N) is 1. The lowest BCUT2D eigenvalue weighted by molar-refractivity contribution is -0.151. The molecular formula is C16H17NO4. The monoisotopic (exact) mass is 287 g/mol. The summed E-state index contributed by atoms with van der Waals surface area (Å²) < 4.78 is 4.77. The molecule has 0 aliphatic carbocycles. The third kappa shape index (κ3) is 3.37. The van der Waals surface area contributed by atoms with Crippen LogP contribution in [0.5, 0.6) is 0 Å². The molecule has 110 valence electrons. The fraction of sp³-hybridized carbons (Fsp3) is 0.312. The van der Waals surface area contributed by atoms with Crippen LogP contribution in [-0.4, -0.2) is 35.8 Å². The second-order valence-electron chi connectivity index (χ2n) is 4.79. The topological polar surface area (TPSA) is 63.7 Å². The number of aryl methyl sites for hydroxylation is 1. The van der Waals surface area contributed by atoms with Crippen LogP contribution in [0.4, 0.5) is 0 Å². The minimum absolute atomic E-state index is 0.0204. The van der Waals surface area contributed by atoms with Crippen LogP contribution < -0.4 is 0 Å². The highest BCUT2D eigenvalue weighted by atomic mass is 16.5. The molecule has 0 unspecified atom stereocenters. The maximum atomic E-state index is 12.2. The van der Waals surface area contributed by atoms with Gasteiger partial charge in [0.15, 0.2) is 0 Å². The normalized spacial score (nSPS) is 16.7. The Labute approximate surface area is 123 Å². The predicted molar refractivity (Wildman–Crippen MR) is 77.1 cm³/mol. The van der Waals surface area contributed by atoms with Gasteiger partial charge in [0.25, 0.3) is 5.91 Å². The van der Waals surface area contributed by atoms with Crippen molar-refractivity contribution in [2.75, 3.05) is 13.2 Å². The number of hydrogen-bond acceptors (Lipinski definition) is 4. The summed E-state index contributed by atoms with van der Waals surface area (Å²) in [6.07, 6.45) is 1.73. The standard InChI is InChI=1S/C16H17NO4/c1-3-21-15(19)10-17-14(18)9-13(16(17)20)8-12-7-5-4-6-11(12)2/h4-8H,3,9-10H2,1-2H3/b13-8+. The number of rotatable bonds is 4. The molecule has 0 radical (unpaired) electrons. The lowest BCUT2D eigenvalue weighted by Gasteiger charge is -2.11. The van der Waals surface area contributed by atoms with Gasteiger partial charge in [0, 0.05) is 5.57 Å². The molecule has 21 heavy (non-hydrogen) atoms. The maximum Gasteiger partial charge on any atom is 0.326 e. The second kappa shape index (κ2) is 6.35. The van der Waals surface area contributed by atoms with Crippen molar-refractivity contribution in [3.63, 3.8) is 0 Å². The maximum absolute atomic E-state index is 12.2. The van der Waals surface area contributed by atoms with Crippen LogP contribution in [0.15, 0.2) is 29.8 Å². The van der Waals surface area contributed by atoms with Gasteiger partial charge in [-0.15, -0.1) is 0 Å². The molecule has 0 aromatic heterocycles. The molecule has 1 aromatic rings. The minimum atomic E-state index is -0.573. The summed E-state index contributed by atoms with van der Waals surface area (Å²) in [5.74, 6) is -1.36. The van der Waals surface area contributed by atoms with Crippen LogP contribution in [0.2, 0.25) is 0 Å². The van der Waals surface area contributed by atoms with Gasteiger partial charge in [0.05, 0.1) is 13.0 Å². The highest BCUT2D eigenvalue weighted by molar-refractivity contribution is 6.16. The van der Waals surface area contributed by atoms with E-state index in [9.17, 15) is 14.4 Å². The summed E-state index contributed by atoms with van der Waals surface area (Å²) in [7, 11) is 0. The first-order valence-corrected chi connectivity index (χ1v) is 6.79. The Hall–Kier alpha value is -2.43. The first kappa shape index (κ1) is 15.0. The number of ether oxygens (including phenoxy) is 1. The molecule has 1 fully saturated rings. The molecule has 1 aliphatic heterocycles. The Balaban J connectivity index is 2.18. The fourth-order valence-electron chi connectivity index (χ4n) is 2.17. The summed E-state index contributed by atoms with van der Waals surface area (Å²) in [5.41, 5.74) is 2.32. The molecule has 1 aromatic carbocycles. The molecule has 5 nitrogen and oxygen atoms in total. The third-order valence-electron chi connectivity index (χ3n) is 3.27. The molecule has 1 heterocycles. The van der Waals surface area contributed by atoms with E-state index in [1.54, 1.807) is 13.0 Å². The first-order chi connectivity index (χ1) is 10.0. The Kier molecular flexibility index (Phi) is 4.52. The molecule has 2 amide bonds. The Morgan fingerprint density at radius 3 is 2.71 bits per heavy atom. The summed E-state index contributed by atoms with van der Waals surface area (Å²) in [5, 5.41) is 0. The number of esters is 1. The Morgan fingerprint density at radius 2 is 2.05 bits per heavy atom. The van der Waals surface area contributed by atoms with E-state index in [0.29, 0.717) is 5.57 Å². The number of amides is 2. The summed E-state index contributed by atoms with van der Waals surface area (Å²) in [6, 6.07) is 7.60. The highest BCUT2D eigenvalue weighted by Gasteiger charge is 2.35. The summed E-state index contributed by atoms with van der Waals surface area (Å²) in [6.45, 7) is 3.51. The fourth-order valence-corrected chi connectivity index (χ4v) is 2.17. The van der Waals surface area contributed by atoms with Gasteiger partial charge in [-0.25, -0.2) is 0 Å². The average molecular weight is 287 g/mol. The smallest absolute Gasteiger partial charge is 0.326 e. The van der Waals surface area contributed by atoms with Crippen molar-refractivity contribution in [3.05, 3.63) is 41.0 Å². The van der Waals surface area contributed by atoms with Crippen LogP contribution in [0.3, 0.4) is 0 Å². The van der Waals surface area contributed by atoms with E-state index in [1.807, 2.05) is 31.2 Å². The van der Waals surface area contributed by atoms with E-state index >= 15 is 0 Å².